The van der Waals surface area contributed by atoms with Crippen molar-refractivity contribution in [3.63, 3.8) is 0 Å². The summed E-state index contributed by atoms with van der Waals surface area (Å²) in [5.41, 5.74) is 15.4. The number of aromatic nitrogens is 2. The van der Waals surface area contributed by atoms with E-state index in [0.717, 1.165) is 55.1 Å². The fraction of sp³-hybridized carbons (Fsp3) is 0.280. The first-order valence-electron chi connectivity index (χ1n) is 10.7. The number of hydrogen-bond donors (Lipinski definition) is 1. The van der Waals surface area contributed by atoms with E-state index in [2.05, 4.69) is 28.2 Å². The fourth-order valence-electron chi connectivity index (χ4n) is 4.49. The molecule has 0 atom stereocenters. The number of hydrogen-bond acceptors (Lipinski definition) is 5. The molecule has 1 aromatic carbocycles. The van der Waals surface area contributed by atoms with Gasteiger partial charge in [0.2, 0.25) is 0 Å². The van der Waals surface area contributed by atoms with Crippen LogP contribution in [0.1, 0.15) is 40.8 Å². The van der Waals surface area contributed by atoms with Gasteiger partial charge in [-0.05, 0) is 78.3 Å². The Morgan fingerprint density at radius 2 is 1.74 bits per heavy atom. The summed E-state index contributed by atoms with van der Waals surface area (Å²) >= 11 is 6.33. The van der Waals surface area contributed by atoms with Gasteiger partial charge in [-0.25, -0.2) is 0 Å². The van der Waals surface area contributed by atoms with Gasteiger partial charge in [0.05, 0.1) is 24.2 Å². The molecule has 158 valence electrons. The summed E-state index contributed by atoms with van der Waals surface area (Å²) in [5, 5.41) is 2.85. The van der Waals surface area contributed by atoms with Crippen LogP contribution < -0.4 is 5.73 Å². The largest absolute Gasteiger partial charge is 0.397 e. The zero-order valence-corrected chi connectivity index (χ0v) is 18.1. The third-order valence-electron chi connectivity index (χ3n) is 6.07. The number of halogens is 1. The molecule has 0 saturated carbocycles. The van der Waals surface area contributed by atoms with Crippen molar-refractivity contribution in [2.75, 3.05) is 18.8 Å². The van der Waals surface area contributed by atoms with Crippen LogP contribution in [0.15, 0.2) is 60.6 Å². The van der Waals surface area contributed by atoms with Crippen LogP contribution in [0.3, 0.4) is 0 Å². The monoisotopic (exact) mass is 432 g/mol. The topological polar surface area (TPSA) is 64.3 Å². The van der Waals surface area contributed by atoms with Gasteiger partial charge in [-0.15, -0.1) is 0 Å². The summed E-state index contributed by atoms with van der Waals surface area (Å²) in [6, 6.07) is 12.3. The number of nitrogens with zero attached hydrogens (tertiary/aromatic N) is 3. The van der Waals surface area contributed by atoms with Crippen molar-refractivity contribution in [3.05, 3.63) is 93.5 Å². The van der Waals surface area contributed by atoms with Gasteiger partial charge >= 0.3 is 0 Å². The van der Waals surface area contributed by atoms with E-state index < -0.39 is 0 Å². The second kappa shape index (κ2) is 8.79. The van der Waals surface area contributed by atoms with Crippen LogP contribution in [0.4, 0.5) is 5.69 Å². The van der Waals surface area contributed by atoms with Crippen LogP contribution in [-0.4, -0.2) is 28.1 Å². The van der Waals surface area contributed by atoms with E-state index in [-0.39, 0.29) is 0 Å². The summed E-state index contributed by atoms with van der Waals surface area (Å²) in [6.07, 6.45) is 9.10. The number of anilines is 1. The highest BCUT2D eigenvalue weighted by atomic mass is 35.5. The zero-order valence-electron chi connectivity index (χ0n) is 17.4. The molecular weight excluding hydrogens is 408 g/mol. The lowest BCUT2D eigenvalue weighted by molar-refractivity contribution is -0.173. The van der Waals surface area contributed by atoms with Gasteiger partial charge in [-0.3, -0.25) is 14.8 Å². The lowest BCUT2D eigenvalue weighted by Gasteiger charge is -2.29. The number of rotatable bonds is 3. The Bertz CT molecular complexity index is 1060. The molecule has 2 N–H and O–H groups in total. The van der Waals surface area contributed by atoms with Crippen LogP contribution in [0.5, 0.6) is 0 Å². The molecular formula is C25H25ClN4O. The molecule has 5 nitrogen and oxygen atoms in total. The summed E-state index contributed by atoms with van der Waals surface area (Å²) in [7, 11) is 0. The van der Waals surface area contributed by atoms with Crippen molar-refractivity contribution in [2.24, 2.45) is 0 Å². The van der Waals surface area contributed by atoms with Crippen molar-refractivity contribution in [3.8, 4) is 0 Å². The number of nitrogens with two attached hydrogens (primary N) is 1. The Labute approximate surface area is 187 Å². The molecule has 1 aliphatic carbocycles. The molecule has 0 unspecified atom stereocenters. The summed E-state index contributed by atoms with van der Waals surface area (Å²) < 4.78 is 0. The van der Waals surface area contributed by atoms with E-state index in [4.69, 9.17) is 27.2 Å². The average Bonchev–Trinajstić information content (AvgIpc) is 2.95. The van der Waals surface area contributed by atoms with Crippen molar-refractivity contribution >= 4 is 22.9 Å². The van der Waals surface area contributed by atoms with E-state index in [1.54, 1.807) is 18.6 Å². The lowest BCUT2D eigenvalue weighted by Crippen LogP contribution is -2.31. The Morgan fingerprint density at radius 3 is 2.55 bits per heavy atom. The average molecular weight is 433 g/mol. The minimum atomic E-state index is 0.569. The van der Waals surface area contributed by atoms with E-state index in [1.807, 2.05) is 18.2 Å². The lowest BCUT2D eigenvalue weighted by atomic mass is 9.89. The maximum atomic E-state index is 6.33. The zero-order chi connectivity index (χ0) is 21.2. The molecule has 0 amide bonds. The van der Waals surface area contributed by atoms with Crippen molar-refractivity contribution in [1.82, 2.24) is 15.0 Å². The van der Waals surface area contributed by atoms with Crippen LogP contribution >= 0.6 is 11.6 Å². The fourth-order valence-corrected chi connectivity index (χ4v) is 4.69. The SMILES string of the molecule is Nc1cnc2c(c1)CCc1cc(Cl)ccc1C2=C1CCN(OCc2ccncc2)CC1. The van der Waals surface area contributed by atoms with Gasteiger partial charge in [0.25, 0.3) is 0 Å². The van der Waals surface area contributed by atoms with Crippen molar-refractivity contribution in [2.45, 2.75) is 32.3 Å². The molecule has 2 aromatic heterocycles. The normalized spacial score (nSPS) is 16.5. The number of nitrogen functional groups attached to an aromatic ring is 1. The molecule has 0 radical (unpaired) electrons. The predicted octanol–water partition coefficient (Wildman–Crippen LogP) is 4.84. The molecule has 3 heterocycles. The Morgan fingerprint density at radius 1 is 0.968 bits per heavy atom. The second-order valence-electron chi connectivity index (χ2n) is 8.11. The van der Waals surface area contributed by atoms with Gasteiger partial charge in [0.1, 0.15) is 0 Å². The number of pyridine rings is 2. The standard InChI is InChI=1S/C25H25ClN4O/c26-21-3-4-23-19(13-21)1-2-20-14-22(27)15-29-25(20)24(23)18-7-11-30(12-8-18)31-16-17-5-9-28-10-6-17/h3-6,9-10,13-15H,1-2,7-8,11-12,16,27H2. The number of fused-ring (bicyclic) bond motifs is 2. The first-order valence-corrected chi connectivity index (χ1v) is 11.1. The quantitative estimate of drug-likeness (QED) is 0.641. The van der Waals surface area contributed by atoms with E-state index in [1.165, 1.54) is 27.8 Å². The Hall–Kier alpha value is -2.73. The van der Waals surface area contributed by atoms with Crippen LogP contribution in [0.25, 0.3) is 5.57 Å². The maximum Gasteiger partial charge on any atom is 0.0937 e. The Balaban J connectivity index is 1.43. The van der Waals surface area contributed by atoms with Gasteiger partial charge in [-0.2, -0.15) is 5.06 Å². The summed E-state index contributed by atoms with van der Waals surface area (Å²) in [5.74, 6) is 0. The number of piperidine rings is 1. The van der Waals surface area contributed by atoms with Gasteiger partial charge in [0.15, 0.2) is 0 Å². The molecule has 6 heteroatoms. The van der Waals surface area contributed by atoms with Gasteiger partial charge in [0, 0.05) is 36.1 Å². The third-order valence-corrected chi connectivity index (χ3v) is 6.30. The predicted molar refractivity (Wildman–Crippen MR) is 123 cm³/mol. The molecule has 5 rings (SSSR count). The number of aryl methyl sites for hydroxylation is 2. The second-order valence-corrected chi connectivity index (χ2v) is 8.55. The van der Waals surface area contributed by atoms with Crippen molar-refractivity contribution < 1.29 is 4.84 Å². The maximum absolute atomic E-state index is 6.33. The van der Waals surface area contributed by atoms with Gasteiger partial charge in [-0.1, -0.05) is 23.2 Å². The minimum absolute atomic E-state index is 0.569. The molecule has 3 aromatic rings. The highest BCUT2D eigenvalue weighted by Crippen LogP contribution is 2.39. The van der Waals surface area contributed by atoms with Crippen LogP contribution in [0.2, 0.25) is 5.02 Å². The molecule has 31 heavy (non-hydrogen) atoms. The highest BCUT2D eigenvalue weighted by molar-refractivity contribution is 6.30. The molecule has 2 aliphatic rings. The summed E-state index contributed by atoms with van der Waals surface area (Å²) in [6.45, 7) is 2.29. The first kappa shape index (κ1) is 20.2. The van der Waals surface area contributed by atoms with Crippen LogP contribution in [0, 0.1) is 0 Å². The minimum Gasteiger partial charge on any atom is -0.397 e. The van der Waals surface area contributed by atoms with Crippen LogP contribution in [-0.2, 0) is 24.3 Å². The highest BCUT2D eigenvalue weighted by Gasteiger charge is 2.25. The smallest absolute Gasteiger partial charge is 0.0937 e. The summed E-state index contributed by atoms with van der Waals surface area (Å²) in [4.78, 5) is 14.9. The molecule has 1 fully saturated rings. The van der Waals surface area contributed by atoms with E-state index >= 15 is 0 Å². The third kappa shape index (κ3) is 4.35. The van der Waals surface area contributed by atoms with E-state index in [9.17, 15) is 0 Å². The first-order chi connectivity index (χ1) is 15.2. The Kier molecular flexibility index (Phi) is 5.72. The number of benzene rings is 1. The van der Waals surface area contributed by atoms with Gasteiger partial charge < -0.3 is 5.73 Å². The number of hydroxylamine groups is 2. The van der Waals surface area contributed by atoms with Crippen molar-refractivity contribution in [1.29, 1.82) is 0 Å². The molecule has 0 bridgehead atoms. The molecule has 0 spiro atoms. The van der Waals surface area contributed by atoms with E-state index in [0.29, 0.717) is 12.3 Å². The molecule has 1 aliphatic heterocycles. The molecule has 1 saturated heterocycles.